The smallest absolute Gasteiger partial charge is 0.208 e. The second kappa shape index (κ2) is 5.00. The van der Waals surface area contributed by atoms with Crippen LogP contribution in [-0.2, 0) is 9.84 Å². The molecule has 0 atom stereocenters. The van der Waals surface area contributed by atoms with E-state index >= 15 is 0 Å². The molecule has 0 amide bonds. The molecule has 108 valence electrons. The highest BCUT2D eigenvalue weighted by molar-refractivity contribution is 9.15. The minimum absolute atomic E-state index is 0.342. The number of halogens is 1. The molecule has 0 radical (unpaired) electrons. The van der Waals surface area contributed by atoms with Crippen molar-refractivity contribution in [1.82, 2.24) is 0 Å². The molecule has 1 aliphatic heterocycles. The van der Waals surface area contributed by atoms with Crippen molar-refractivity contribution in [2.45, 2.75) is 4.90 Å². The van der Waals surface area contributed by atoms with Crippen LogP contribution in [0.25, 0.3) is 9.39 Å². The molecule has 2 aromatic carbocycles. The number of fused-ring (bicyclic) bond motifs is 1. The zero-order valence-electron chi connectivity index (χ0n) is 11.7. The first-order chi connectivity index (χ1) is 9.93. The molecule has 3 nitrogen and oxygen atoms in total. The lowest BCUT2D eigenvalue weighted by Crippen LogP contribution is -2.08. The zero-order chi connectivity index (χ0) is 15.2. The maximum Gasteiger partial charge on any atom is 0.208 e. The van der Waals surface area contributed by atoms with Gasteiger partial charge in [0.05, 0.1) is 9.80 Å². The topological polar surface area (TPSA) is 37.4 Å². The normalized spacial score (nSPS) is 16.0. The van der Waals surface area contributed by atoms with Crippen LogP contribution in [0, 0.1) is 0 Å². The van der Waals surface area contributed by atoms with Gasteiger partial charge in [0.25, 0.3) is 0 Å². The van der Waals surface area contributed by atoms with E-state index in [2.05, 4.69) is 15.9 Å². The van der Waals surface area contributed by atoms with Gasteiger partial charge in [-0.1, -0.05) is 30.3 Å². The number of hydrogen-bond acceptors (Lipinski definition) is 3. The molecule has 0 N–H and O–H groups in total. The molecule has 5 heteroatoms. The number of hydrogen-bond donors (Lipinski definition) is 0. The lowest BCUT2D eigenvalue weighted by Gasteiger charge is -2.13. The second-order valence-corrected chi connectivity index (χ2v) is 7.73. The summed E-state index contributed by atoms with van der Waals surface area (Å²) in [6.07, 6.45) is 0. The molecule has 2 aromatic rings. The van der Waals surface area contributed by atoms with E-state index in [1.165, 1.54) is 0 Å². The van der Waals surface area contributed by atoms with E-state index in [0.29, 0.717) is 19.8 Å². The first-order valence-corrected chi connectivity index (χ1v) is 8.72. The molecule has 0 fully saturated rings. The Kier molecular flexibility index (Phi) is 3.42. The third kappa shape index (κ3) is 2.21. The Hall–Kier alpha value is -1.59. The average Bonchev–Trinajstić information content (AvgIpc) is 2.67. The summed E-state index contributed by atoms with van der Waals surface area (Å²) in [5.74, 6) is 0. The Balaban J connectivity index is 2.18. The Bertz CT molecular complexity index is 837. The van der Waals surface area contributed by atoms with Crippen molar-refractivity contribution >= 4 is 40.8 Å². The van der Waals surface area contributed by atoms with Gasteiger partial charge in [0, 0.05) is 29.8 Å². The molecule has 0 unspecified atom stereocenters. The summed E-state index contributed by atoms with van der Waals surface area (Å²) in [5.41, 5.74) is 2.45. The molecule has 0 aliphatic carbocycles. The average molecular weight is 364 g/mol. The van der Waals surface area contributed by atoms with Crippen LogP contribution in [-0.4, -0.2) is 22.5 Å². The number of sulfone groups is 1. The van der Waals surface area contributed by atoms with E-state index in [4.69, 9.17) is 0 Å². The van der Waals surface area contributed by atoms with Crippen LogP contribution < -0.4 is 4.90 Å². The van der Waals surface area contributed by atoms with E-state index in [1.807, 2.05) is 55.4 Å². The number of anilines is 1. The molecule has 0 saturated heterocycles. The highest BCUT2D eigenvalue weighted by Gasteiger charge is 2.35. The van der Waals surface area contributed by atoms with Gasteiger partial charge in [0.2, 0.25) is 9.84 Å². The lowest BCUT2D eigenvalue weighted by molar-refractivity contribution is 0.606. The van der Waals surface area contributed by atoms with Gasteiger partial charge in [-0.15, -0.1) is 0 Å². The van der Waals surface area contributed by atoms with Gasteiger partial charge in [0.15, 0.2) is 0 Å². The summed E-state index contributed by atoms with van der Waals surface area (Å²) in [6.45, 7) is 0. The van der Waals surface area contributed by atoms with E-state index < -0.39 is 9.84 Å². The van der Waals surface area contributed by atoms with Gasteiger partial charge in [-0.2, -0.15) is 0 Å². The second-order valence-electron chi connectivity index (χ2n) is 5.08. The first-order valence-electron chi connectivity index (χ1n) is 6.45. The fourth-order valence-electron chi connectivity index (χ4n) is 2.43. The van der Waals surface area contributed by atoms with Gasteiger partial charge in [0.1, 0.15) is 0 Å². The Morgan fingerprint density at radius 1 is 0.952 bits per heavy atom. The lowest BCUT2D eigenvalue weighted by atomic mass is 10.1. The first kappa shape index (κ1) is 14.4. The fourth-order valence-corrected chi connectivity index (χ4v) is 5.50. The van der Waals surface area contributed by atoms with Gasteiger partial charge in [-0.25, -0.2) is 8.42 Å². The van der Waals surface area contributed by atoms with Gasteiger partial charge in [-0.05, 0) is 39.7 Å². The summed E-state index contributed by atoms with van der Waals surface area (Å²) in [5, 5.41) is 0. The maximum atomic E-state index is 12.7. The third-order valence-electron chi connectivity index (χ3n) is 3.53. The molecule has 0 spiro atoms. The van der Waals surface area contributed by atoms with Gasteiger partial charge >= 0.3 is 0 Å². The molecule has 0 aromatic heterocycles. The molecular weight excluding hydrogens is 350 g/mol. The van der Waals surface area contributed by atoms with Crippen LogP contribution in [0.2, 0.25) is 0 Å². The zero-order valence-corrected chi connectivity index (χ0v) is 14.1. The summed E-state index contributed by atoms with van der Waals surface area (Å²) in [6, 6.07) is 14.6. The summed E-state index contributed by atoms with van der Waals surface area (Å²) in [4.78, 5) is 2.68. The molecule has 1 heterocycles. The highest BCUT2D eigenvalue weighted by atomic mass is 79.9. The molecular formula is C16H14BrNO2S. The Morgan fingerprint density at radius 2 is 1.57 bits per heavy atom. The molecule has 0 bridgehead atoms. The van der Waals surface area contributed by atoms with Crippen molar-refractivity contribution in [3.63, 3.8) is 0 Å². The van der Waals surface area contributed by atoms with E-state index in [-0.39, 0.29) is 0 Å². The standard InChI is InChI=1S/C16H14BrNO2S/c1-18(2)12-9-7-11(8-10-12)16-15(17)13-5-3-4-6-14(13)21(16,19)20/h3-10H,1-2H3. The minimum atomic E-state index is -3.46. The van der Waals surface area contributed by atoms with E-state index in [9.17, 15) is 8.42 Å². The highest BCUT2D eigenvalue weighted by Crippen LogP contribution is 2.47. The van der Waals surface area contributed by atoms with Crippen LogP contribution in [0.1, 0.15) is 11.1 Å². The van der Waals surface area contributed by atoms with Gasteiger partial charge in [-0.3, -0.25) is 0 Å². The molecule has 21 heavy (non-hydrogen) atoms. The molecule has 0 saturated carbocycles. The minimum Gasteiger partial charge on any atom is -0.378 e. The van der Waals surface area contributed by atoms with Gasteiger partial charge < -0.3 is 4.90 Å². The van der Waals surface area contributed by atoms with E-state index in [0.717, 1.165) is 11.3 Å². The monoisotopic (exact) mass is 363 g/mol. The van der Waals surface area contributed by atoms with E-state index in [1.54, 1.807) is 12.1 Å². The van der Waals surface area contributed by atoms with Crippen molar-refractivity contribution in [3.05, 3.63) is 59.7 Å². The van der Waals surface area contributed by atoms with Crippen LogP contribution in [0.5, 0.6) is 0 Å². The quantitative estimate of drug-likeness (QED) is 0.814. The number of nitrogens with zero attached hydrogens (tertiary/aromatic N) is 1. The maximum absolute atomic E-state index is 12.7. The SMILES string of the molecule is CN(C)c1ccc(C2=C(Br)c3ccccc3S2(=O)=O)cc1. The third-order valence-corrected chi connectivity index (χ3v) is 6.53. The molecule has 3 rings (SSSR count). The van der Waals surface area contributed by atoms with Crippen LogP contribution >= 0.6 is 15.9 Å². The molecule has 1 aliphatic rings. The van der Waals surface area contributed by atoms with Crippen LogP contribution in [0.4, 0.5) is 5.69 Å². The summed E-state index contributed by atoms with van der Waals surface area (Å²) in [7, 11) is 0.439. The predicted octanol–water partition coefficient (Wildman–Crippen LogP) is 3.76. The summed E-state index contributed by atoms with van der Waals surface area (Å²) >= 11 is 3.45. The predicted molar refractivity (Wildman–Crippen MR) is 90.1 cm³/mol. The Labute approximate surface area is 133 Å². The van der Waals surface area contributed by atoms with Crippen molar-refractivity contribution in [2.24, 2.45) is 0 Å². The summed E-state index contributed by atoms with van der Waals surface area (Å²) < 4.78 is 26.1. The van der Waals surface area contributed by atoms with Crippen LogP contribution in [0.15, 0.2) is 53.4 Å². The largest absolute Gasteiger partial charge is 0.378 e. The fraction of sp³-hybridized carbons (Fsp3) is 0.125. The number of benzene rings is 2. The van der Waals surface area contributed by atoms with Crippen LogP contribution in [0.3, 0.4) is 0 Å². The number of rotatable bonds is 2. The Morgan fingerprint density at radius 3 is 2.14 bits per heavy atom. The van der Waals surface area contributed by atoms with Crippen molar-refractivity contribution in [3.8, 4) is 0 Å². The van der Waals surface area contributed by atoms with Crippen molar-refractivity contribution in [2.75, 3.05) is 19.0 Å². The van der Waals surface area contributed by atoms with Crippen molar-refractivity contribution < 1.29 is 8.42 Å². The van der Waals surface area contributed by atoms with Crippen molar-refractivity contribution in [1.29, 1.82) is 0 Å².